The Bertz CT molecular complexity index is 246. The second kappa shape index (κ2) is 5.99. The minimum Gasteiger partial charge on any atom is -0.314 e. The molecule has 1 N–H and O–H groups in total. The van der Waals surface area contributed by atoms with Gasteiger partial charge >= 0.3 is 0 Å². The van der Waals surface area contributed by atoms with Crippen molar-refractivity contribution in [2.24, 2.45) is 5.92 Å². The summed E-state index contributed by atoms with van der Waals surface area (Å²) in [6.45, 7) is 7.53. The van der Waals surface area contributed by atoms with Crippen LogP contribution in [0.3, 0.4) is 0 Å². The predicted octanol–water partition coefficient (Wildman–Crippen LogP) is 1.16. The summed E-state index contributed by atoms with van der Waals surface area (Å²) >= 11 is 0. The van der Waals surface area contributed by atoms with Gasteiger partial charge in [-0.25, -0.2) is 0 Å². The third-order valence-electron chi connectivity index (χ3n) is 2.76. The molecular formula is C12H22N2O2. The first-order valence-electron chi connectivity index (χ1n) is 6.07. The molecule has 1 heterocycles. The molecule has 0 spiro atoms. The molecule has 1 fully saturated rings. The van der Waals surface area contributed by atoms with Crippen molar-refractivity contribution < 1.29 is 9.59 Å². The molecule has 0 aromatic heterocycles. The van der Waals surface area contributed by atoms with Crippen LogP contribution in [0.4, 0.5) is 0 Å². The van der Waals surface area contributed by atoms with E-state index in [4.69, 9.17) is 0 Å². The molecule has 1 rings (SSSR count). The van der Waals surface area contributed by atoms with Crippen molar-refractivity contribution in [1.29, 1.82) is 0 Å². The molecule has 0 saturated carbocycles. The van der Waals surface area contributed by atoms with Crippen LogP contribution >= 0.6 is 0 Å². The highest BCUT2D eigenvalue weighted by Gasteiger charge is 2.29. The van der Waals surface area contributed by atoms with Gasteiger partial charge in [-0.1, -0.05) is 20.8 Å². The van der Waals surface area contributed by atoms with Crippen LogP contribution in [-0.2, 0) is 9.59 Å². The highest BCUT2D eigenvalue weighted by molar-refractivity contribution is 5.97. The van der Waals surface area contributed by atoms with E-state index < -0.39 is 0 Å². The zero-order valence-electron chi connectivity index (χ0n) is 10.5. The summed E-state index contributed by atoms with van der Waals surface area (Å²) in [7, 11) is 0. The van der Waals surface area contributed by atoms with E-state index in [-0.39, 0.29) is 17.7 Å². The average Bonchev–Trinajstić information content (AvgIpc) is 2.14. The van der Waals surface area contributed by atoms with Gasteiger partial charge in [-0.15, -0.1) is 0 Å². The number of piperidine rings is 1. The largest absolute Gasteiger partial charge is 0.314 e. The lowest BCUT2D eigenvalue weighted by Crippen LogP contribution is -2.43. The summed E-state index contributed by atoms with van der Waals surface area (Å²) in [6.07, 6.45) is 1.87. The van der Waals surface area contributed by atoms with E-state index in [0.717, 1.165) is 13.0 Å². The van der Waals surface area contributed by atoms with E-state index in [1.807, 2.05) is 6.92 Å². The molecule has 4 nitrogen and oxygen atoms in total. The lowest BCUT2D eigenvalue weighted by molar-refractivity contribution is -0.149. The molecule has 0 atom stereocenters. The maximum absolute atomic E-state index is 11.6. The Morgan fingerprint density at radius 3 is 2.38 bits per heavy atom. The second-order valence-electron chi connectivity index (χ2n) is 4.91. The van der Waals surface area contributed by atoms with Crippen molar-refractivity contribution >= 4 is 11.8 Å². The fourth-order valence-electron chi connectivity index (χ4n) is 1.91. The van der Waals surface area contributed by atoms with Crippen LogP contribution in [-0.4, -0.2) is 35.8 Å². The van der Waals surface area contributed by atoms with Gasteiger partial charge in [-0.2, -0.15) is 0 Å². The second-order valence-corrected chi connectivity index (χ2v) is 4.91. The minimum atomic E-state index is -0.00621. The molecule has 1 aliphatic rings. The molecule has 1 aliphatic heterocycles. The van der Waals surface area contributed by atoms with Crippen molar-refractivity contribution in [3.05, 3.63) is 0 Å². The molecule has 0 radical (unpaired) electrons. The predicted molar refractivity (Wildman–Crippen MR) is 62.9 cm³/mol. The summed E-state index contributed by atoms with van der Waals surface area (Å²) in [6, 6.07) is 0.452. The summed E-state index contributed by atoms with van der Waals surface area (Å²) in [5.41, 5.74) is 0. The summed E-state index contributed by atoms with van der Waals surface area (Å²) in [4.78, 5) is 24.7. The van der Waals surface area contributed by atoms with Gasteiger partial charge in [0.2, 0.25) is 11.8 Å². The number of amides is 2. The highest BCUT2D eigenvalue weighted by atomic mass is 16.2. The van der Waals surface area contributed by atoms with Crippen molar-refractivity contribution in [3.8, 4) is 0 Å². The molecule has 4 heteroatoms. The fraction of sp³-hybridized carbons (Fsp3) is 0.833. The van der Waals surface area contributed by atoms with Crippen LogP contribution < -0.4 is 5.32 Å². The number of nitrogens with one attached hydrogen (secondary N) is 1. The van der Waals surface area contributed by atoms with E-state index in [1.54, 1.807) is 0 Å². The Morgan fingerprint density at radius 1 is 1.31 bits per heavy atom. The molecule has 1 saturated heterocycles. The third-order valence-corrected chi connectivity index (χ3v) is 2.76. The Kier molecular flexibility index (Phi) is 4.93. The minimum absolute atomic E-state index is 0.00621. The van der Waals surface area contributed by atoms with Gasteiger partial charge in [0.25, 0.3) is 0 Å². The van der Waals surface area contributed by atoms with Crippen molar-refractivity contribution in [3.63, 3.8) is 0 Å². The lowest BCUT2D eigenvalue weighted by atomic mass is 9.98. The standard InChI is InChI=1S/C12H22N2O2/c1-9(2)13-5-4-6-14-11(15)7-10(3)8-12(14)16/h9-10,13H,4-8H2,1-3H3. The van der Waals surface area contributed by atoms with E-state index in [0.29, 0.717) is 25.4 Å². The number of imide groups is 1. The fourth-order valence-corrected chi connectivity index (χ4v) is 1.91. The Hall–Kier alpha value is -0.900. The molecule has 2 amide bonds. The van der Waals surface area contributed by atoms with Crippen molar-refractivity contribution in [2.75, 3.05) is 13.1 Å². The zero-order valence-corrected chi connectivity index (χ0v) is 10.5. The van der Waals surface area contributed by atoms with Crippen molar-refractivity contribution in [2.45, 2.75) is 46.1 Å². The third kappa shape index (κ3) is 3.93. The molecular weight excluding hydrogens is 204 g/mol. The van der Waals surface area contributed by atoms with Gasteiger partial charge in [0.1, 0.15) is 0 Å². The molecule has 0 aliphatic carbocycles. The summed E-state index contributed by atoms with van der Waals surface area (Å²) in [5, 5.41) is 3.27. The van der Waals surface area contributed by atoms with Gasteiger partial charge in [-0.05, 0) is 18.9 Å². The maximum Gasteiger partial charge on any atom is 0.229 e. The Morgan fingerprint density at radius 2 is 1.88 bits per heavy atom. The number of hydrogen-bond donors (Lipinski definition) is 1. The number of hydrogen-bond acceptors (Lipinski definition) is 3. The Labute approximate surface area is 97.4 Å². The highest BCUT2D eigenvalue weighted by Crippen LogP contribution is 2.18. The van der Waals surface area contributed by atoms with Gasteiger partial charge < -0.3 is 5.32 Å². The topological polar surface area (TPSA) is 49.4 Å². The van der Waals surface area contributed by atoms with Crippen LogP contribution in [0.5, 0.6) is 0 Å². The van der Waals surface area contributed by atoms with E-state index in [2.05, 4.69) is 19.2 Å². The molecule has 0 aromatic carbocycles. The molecule has 0 aromatic rings. The zero-order chi connectivity index (χ0) is 12.1. The summed E-state index contributed by atoms with van der Waals surface area (Å²) < 4.78 is 0. The average molecular weight is 226 g/mol. The summed E-state index contributed by atoms with van der Waals surface area (Å²) in [5.74, 6) is 0.201. The van der Waals surface area contributed by atoms with Crippen LogP contribution in [0.25, 0.3) is 0 Å². The number of carbonyl (C=O) groups excluding carboxylic acids is 2. The smallest absolute Gasteiger partial charge is 0.229 e. The molecule has 92 valence electrons. The van der Waals surface area contributed by atoms with E-state index >= 15 is 0 Å². The first-order valence-corrected chi connectivity index (χ1v) is 6.07. The number of nitrogens with zero attached hydrogens (tertiary/aromatic N) is 1. The van der Waals surface area contributed by atoms with Gasteiger partial charge in [0.05, 0.1) is 0 Å². The lowest BCUT2D eigenvalue weighted by Gasteiger charge is -2.28. The van der Waals surface area contributed by atoms with Crippen LogP contribution in [0, 0.1) is 5.92 Å². The first-order chi connectivity index (χ1) is 7.50. The first kappa shape index (κ1) is 13.2. The quantitative estimate of drug-likeness (QED) is 0.565. The van der Waals surface area contributed by atoms with Crippen LogP contribution in [0.1, 0.15) is 40.0 Å². The maximum atomic E-state index is 11.6. The number of likely N-dealkylation sites (tertiary alicyclic amines) is 1. The van der Waals surface area contributed by atoms with Crippen LogP contribution in [0.2, 0.25) is 0 Å². The van der Waals surface area contributed by atoms with Gasteiger partial charge in [0.15, 0.2) is 0 Å². The normalized spacial score (nSPS) is 18.6. The molecule has 16 heavy (non-hydrogen) atoms. The molecule has 0 bridgehead atoms. The van der Waals surface area contributed by atoms with Crippen molar-refractivity contribution in [1.82, 2.24) is 10.2 Å². The van der Waals surface area contributed by atoms with E-state index in [9.17, 15) is 9.59 Å². The number of carbonyl (C=O) groups is 2. The Balaban J connectivity index is 2.30. The van der Waals surface area contributed by atoms with Crippen LogP contribution in [0.15, 0.2) is 0 Å². The monoisotopic (exact) mass is 226 g/mol. The number of rotatable bonds is 5. The van der Waals surface area contributed by atoms with E-state index in [1.165, 1.54) is 4.90 Å². The van der Waals surface area contributed by atoms with Gasteiger partial charge in [0, 0.05) is 25.4 Å². The SMILES string of the molecule is CC1CC(=O)N(CCCNC(C)C)C(=O)C1. The molecule has 0 unspecified atom stereocenters. The van der Waals surface area contributed by atoms with Gasteiger partial charge in [-0.3, -0.25) is 14.5 Å².